The summed E-state index contributed by atoms with van der Waals surface area (Å²) in [6.45, 7) is 1.93. The maximum Gasteiger partial charge on any atom is 0.294 e. The van der Waals surface area contributed by atoms with E-state index in [0.29, 0.717) is 48.7 Å². The van der Waals surface area contributed by atoms with Gasteiger partial charge in [-0.15, -0.1) is 0 Å². The van der Waals surface area contributed by atoms with Crippen molar-refractivity contribution in [3.05, 3.63) is 64.3 Å². The Balaban J connectivity index is 1.53. The lowest BCUT2D eigenvalue weighted by molar-refractivity contribution is 0.0746. The molecule has 4 rings (SSSR count). The third-order valence-electron chi connectivity index (χ3n) is 4.76. The highest BCUT2D eigenvalue weighted by Crippen LogP contribution is 2.15. The Morgan fingerprint density at radius 3 is 2.48 bits per heavy atom. The number of carbonyl (C=O) groups excluding carboxylic acids is 1. The molecule has 1 aliphatic heterocycles. The molecule has 1 aliphatic rings. The van der Waals surface area contributed by atoms with Gasteiger partial charge in [-0.1, -0.05) is 0 Å². The van der Waals surface area contributed by atoms with Crippen LogP contribution in [-0.4, -0.2) is 51.5 Å². The van der Waals surface area contributed by atoms with Gasteiger partial charge in [0.25, 0.3) is 11.5 Å². The van der Waals surface area contributed by atoms with Gasteiger partial charge < -0.3 is 9.80 Å². The van der Waals surface area contributed by atoms with Crippen molar-refractivity contribution < 1.29 is 9.18 Å². The van der Waals surface area contributed by atoms with E-state index in [-0.39, 0.29) is 17.3 Å². The van der Waals surface area contributed by atoms with Crippen molar-refractivity contribution in [3.8, 4) is 0 Å². The Kier molecular flexibility index (Phi) is 4.31. The van der Waals surface area contributed by atoms with E-state index in [2.05, 4.69) is 9.97 Å². The predicted octanol–water partition coefficient (Wildman–Crippen LogP) is 1.43. The van der Waals surface area contributed by atoms with Crippen molar-refractivity contribution >= 4 is 22.9 Å². The van der Waals surface area contributed by atoms with E-state index >= 15 is 0 Å². The Labute approximate surface area is 154 Å². The summed E-state index contributed by atoms with van der Waals surface area (Å²) in [5.41, 5.74) is 1.44. The number of anilines is 1. The number of aryl methyl sites for hydroxylation is 1. The summed E-state index contributed by atoms with van der Waals surface area (Å²) in [4.78, 5) is 37.5. The number of hydrogen-bond acceptors (Lipinski definition) is 5. The summed E-state index contributed by atoms with van der Waals surface area (Å²) >= 11 is 0. The second-order valence-corrected chi connectivity index (χ2v) is 6.43. The molecule has 0 aliphatic carbocycles. The van der Waals surface area contributed by atoms with Crippen LogP contribution in [0.5, 0.6) is 0 Å². The van der Waals surface area contributed by atoms with Crippen molar-refractivity contribution in [2.45, 2.75) is 0 Å². The van der Waals surface area contributed by atoms with Gasteiger partial charge in [0, 0.05) is 45.0 Å². The van der Waals surface area contributed by atoms with Crippen LogP contribution in [0.1, 0.15) is 10.4 Å². The SMILES string of the molecule is Cn1c(=O)c(N2CCN(C(=O)c3ccc(F)cc3)CC2)nc2cccnc21. The molecular formula is C19H18FN5O2. The molecule has 0 N–H and O–H groups in total. The number of carbonyl (C=O) groups is 1. The van der Waals surface area contributed by atoms with E-state index in [9.17, 15) is 14.0 Å². The predicted molar refractivity (Wildman–Crippen MR) is 99.3 cm³/mol. The third-order valence-corrected chi connectivity index (χ3v) is 4.76. The highest BCUT2D eigenvalue weighted by Gasteiger charge is 2.25. The van der Waals surface area contributed by atoms with Gasteiger partial charge in [0.15, 0.2) is 11.5 Å². The summed E-state index contributed by atoms with van der Waals surface area (Å²) in [5.74, 6) is -0.144. The Morgan fingerprint density at radius 1 is 1.07 bits per heavy atom. The molecule has 0 bridgehead atoms. The number of nitrogens with zero attached hydrogens (tertiary/aromatic N) is 5. The van der Waals surface area contributed by atoms with Crippen LogP contribution in [0.2, 0.25) is 0 Å². The average Bonchev–Trinajstić information content (AvgIpc) is 2.71. The van der Waals surface area contributed by atoms with Crippen molar-refractivity contribution in [2.75, 3.05) is 31.1 Å². The number of piperazine rings is 1. The van der Waals surface area contributed by atoms with E-state index in [0.717, 1.165) is 0 Å². The zero-order valence-corrected chi connectivity index (χ0v) is 14.8. The highest BCUT2D eigenvalue weighted by molar-refractivity contribution is 5.94. The number of halogens is 1. The van der Waals surface area contributed by atoms with E-state index in [1.54, 1.807) is 24.2 Å². The minimum Gasteiger partial charge on any atom is -0.348 e. The quantitative estimate of drug-likeness (QED) is 0.685. The standard InChI is InChI=1S/C19H18FN5O2/c1-23-16-15(3-2-8-21-16)22-17(19(23)27)24-9-11-25(12-10-24)18(26)13-4-6-14(20)7-5-13/h2-8H,9-12H2,1H3. The van der Waals surface area contributed by atoms with Gasteiger partial charge in [-0.25, -0.2) is 14.4 Å². The summed E-state index contributed by atoms with van der Waals surface area (Å²) in [7, 11) is 1.68. The van der Waals surface area contributed by atoms with Crippen molar-refractivity contribution in [3.63, 3.8) is 0 Å². The monoisotopic (exact) mass is 367 g/mol. The average molecular weight is 367 g/mol. The largest absolute Gasteiger partial charge is 0.348 e. The first kappa shape index (κ1) is 17.1. The maximum atomic E-state index is 13.0. The zero-order valence-electron chi connectivity index (χ0n) is 14.8. The lowest BCUT2D eigenvalue weighted by atomic mass is 10.2. The summed E-state index contributed by atoms with van der Waals surface area (Å²) in [5, 5.41) is 0. The fraction of sp³-hybridized carbons (Fsp3) is 0.263. The van der Waals surface area contributed by atoms with Crippen LogP contribution in [0, 0.1) is 5.82 Å². The van der Waals surface area contributed by atoms with Crippen molar-refractivity contribution in [1.29, 1.82) is 0 Å². The molecule has 8 heteroatoms. The number of benzene rings is 1. The molecule has 3 aromatic rings. The topological polar surface area (TPSA) is 71.3 Å². The molecule has 1 fully saturated rings. The normalized spacial score (nSPS) is 14.6. The number of hydrogen-bond donors (Lipinski definition) is 0. The molecule has 1 aromatic carbocycles. The van der Waals surface area contributed by atoms with E-state index in [1.165, 1.54) is 28.8 Å². The lowest BCUT2D eigenvalue weighted by Gasteiger charge is -2.35. The number of fused-ring (bicyclic) bond motifs is 1. The number of amides is 1. The molecular weight excluding hydrogens is 349 g/mol. The molecule has 27 heavy (non-hydrogen) atoms. The second-order valence-electron chi connectivity index (χ2n) is 6.43. The molecule has 0 spiro atoms. The smallest absolute Gasteiger partial charge is 0.294 e. The first-order valence-corrected chi connectivity index (χ1v) is 8.66. The molecule has 7 nitrogen and oxygen atoms in total. The zero-order chi connectivity index (χ0) is 19.0. The third kappa shape index (κ3) is 3.14. The minimum absolute atomic E-state index is 0.141. The fourth-order valence-electron chi connectivity index (χ4n) is 3.24. The van der Waals surface area contributed by atoms with E-state index in [1.807, 2.05) is 11.0 Å². The van der Waals surface area contributed by atoms with Gasteiger partial charge >= 0.3 is 0 Å². The molecule has 138 valence electrons. The molecule has 0 saturated carbocycles. The van der Waals surface area contributed by atoms with Gasteiger partial charge in [-0.2, -0.15) is 0 Å². The summed E-state index contributed by atoms with van der Waals surface area (Å²) in [6.07, 6.45) is 1.63. The van der Waals surface area contributed by atoms with Gasteiger partial charge in [0.05, 0.1) is 0 Å². The fourth-order valence-corrected chi connectivity index (χ4v) is 3.24. The summed E-state index contributed by atoms with van der Waals surface area (Å²) < 4.78 is 14.5. The number of pyridine rings is 1. The van der Waals surface area contributed by atoms with Crippen LogP contribution in [-0.2, 0) is 7.05 Å². The van der Waals surface area contributed by atoms with Crippen molar-refractivity contribution in [2.24, 2.45) is 7.05 Å². The van der Waals surface area contributed by atoms with Crippen molar-refractivity contribution in [1.82, 2.24) is 19.4 Å². The second kappa shape index (κ2) is 6.79. The number of aromatic nitrogens is 3. The van der Waals surface area contributed by atoms with Gasteiger partial charge in [-0.05, 0) is 36.4 Å². The lowest BCUT2D eigenvalue weighted by Crippen LogP contribution is -2.50. The Hall–Kier alpha value is -3.29. The van der Waals surface area contributed by atoms with Gasteiger partial charge in [0.2, 0.25) is 0 Å². The van der Waals surface area contributed by atoms with Crippen LogP contribution >= 0.6 is 0 Å². The van der Waals surface area contributed by atoms with Crippen LogP contribution in [0.4, 0.5) is 10.2 Å². The number of rotatable bonds is 2. The highest BCUT2D eigenvalue weighted by atomic mass is 19.1. The first-order valence-electron chi connectivity index (χ1n) is 8.66. The molecule has 0 unspecified atom stereocenters. The van der Waals surface area contributed by atoms with Crippen LogP contribution < -0.4 is 10.5 Å². The van der Waals surface area contributed by atoms with Gasteiger partial charge in [0.1, 0.15) is 11.3 Å². The molecule has 3 heterocycles. The van der Waals surface area contributed by atoms with Gasteiger partial charge in [-0.3, -0.25) is 14.2 Å². The van der Waals surface area contributed by atoms with Crippen LogP contribution in [0.3, 0.4) is 0 Å². The minimum atomic E-state index is -0.371. The van der Waals surface area contributed by atoms with E-state index in [4.69, 9.17) is 0 Å². The maximum absolute atomic E-state index is 13.0. The Bertz CT molecular complexity index is 1060. The molecule has 0 radical (unpaired) electrons. The molecule has 0 atom stereocenters. The van der Waals surface area contributed by atoms with E-state index < -0.39 is 0 Å². The molecule has 1 saturated heterocycles. The summed E-state index contributed by atoms with van der Waals surface area (Å²) in [6, 6.07) is 9.12. The Morgan fingerprint density at radius 2 is 1.78 bits per heavy atom. The molecule has 2 aromatic heterocycles. The molecule has 1 amide bonds. The van der Waals surface area contributed by atoms with Crippen LogP contribution in [0.15, 0.2) is 47.4 Å². The van der Waals surface area contributed by atoms with Crippen LogP contribution in [0.25, 0.3) is 11.2 Å². The first-order chi connectivity index (χ1) is 13.0.